The van der Waals surface area contributed by atoms with Crippen molar-refractivity contribution in [2.24, 2.45) is 0 Å². The van der Waals surface area contributed by atoms with Gasteiger partial charge in [-0.3, -0.25) is 0 Å². The monoisotopic (exact) mass is 130 g/mol. The summed E-state index contributed by atoms with van der Waals surface area (Å²) in [6.07, 6.45) is 2.88. The third-order valence-electron chi connectivity index (χ3n) is 0.283. The van der Waals surface area contributed by atoms with Crippen LogP contribution in [0.1, 0.15) is 27.7 Å². The molecule has 1 aromatic rings. The molecule has 0 saturated carbocycles. The van der Waals surface area contributed by atoms with Crippen molar-refractivity contribution in [2.45, 2.75) is 27.7 Å². The number of aromatic nitrogens is 2. The van der Waals surface area contributed by atoms with Crippen LogP contribution in [0.4, 0.5) is 0 Å². The molecule has 0 aliphatic carbocycles. The number of rotatable bonds is 0. The van der Waals surface area contributed by atoms with Crippen LogP contribution in [-0.2, 0) is 0 Å². The van der Waals surface area contributed by atoms with Gasteiger partial charge in [-0.05, 0) is 0 Å². The summed E-state index contributed by atoms with van der Waals surface area (Å²) in [5, 5.41) is 6.40. The Labute approximate surface area is 56.1 Å². The fourth-order valence-electron chi connectivity index (χ4n) is 0.136. The second-order valence-corrected chi connectivity index (χ2v) is 0.588. The van der Waals surface area contributed by atoms with Crippen molar-refractivity contribution in [2.75, 3.05) is 0 Å². The van der Waals surface area contributed by atoms with E-state index in [0.29, 0.717) is 0 Å². The topological polar surface area (TPSA) is 38.9 Å². The maximum absolute atomic E-state index is 4.22. The van der Waals surface area contributed by atoms with E-state index in [9.17, 15) is 0 Å². The summed E-state index contributed by atoms with van der Waals surface area (Å²) in [4.78, 5) is 0. The molecule has 3 heteroatoms. The highest BCUT2D eigenvalue weighted by molar-refractivity contribution is 4.48. The van der Waals surface area contributed by atoms with Crippen molar-refractivity contribution >= 4 is 0 Å². The summed E-state index contributed by atoms with van der Waals surface area (Å²) in [7, 11) is 0. The van der Waals surface area contributed by atoms with E-state index in [4.69, 9.17) is 0 Å². The molecule has 9 heavy (non-hydrogen) atoms. The molecule has 0 aromatic carbocycles. The highest BCUT2D eigenvalue weighted by Crippen LogP contribution is 1.64. The lowest BCUT2D eigenvalue weighted by atomic mass is 11.0. The fraction of sp³-hybridized carbons (Fsp3) is 0.667. The first-order valence-corrected chi connectivity index (χ1v) is 3.21. The number of hydrogen-bond donors (Lipinski definition) is 0. The van der Waals surface area contributed by atoms with Crippen molar-refractivity contribution in [3.63, 3.8) is 0 Å². The minimum atomic E-state index is 1.40. The predicted octanol–water partition coefficient (Wildman–Crippen LogP) is 2.12. The third-order valence-corrected chi connectivity index (χ3v) is 0.283. The Morgan fingerprint density at radius 1 is 1.11 bits per heavy atom. The van der Waals surface area contributed by atoms with E-state index < -0.39 is 0 Å². The van der Waals surface area contributed by atoms with Crippen LogP contribution in [-0.4, -0.2) is 10.4 Å². The first kappa shape index (κ1) is 11.0. The fourth-order valence-corrected chi connectivity index (χ4v) is 0.136. The molecule has 0 bridgehead atoms. The van der Waals surface area contributed by atoms with Gasteiger partial charge < -0.3 is 4.52 Å². The predicted molar refractivity (Wildman–Crippen MR) is 37.0 cm³/mol. The summed E-state index contributed by atoms with van der Waals surface area (Å²) >= 11 is 0. The first-order chi connectivity index (χ1) is 4.50. The van der Waals surface area contributed by atoms with E-state index in [0.717, 1.165) is 0 Å². The summed E-state index contributed by atoms with van der Waals surface area (Å²) in [6.45, 7) is 8.00. The average Bonchev–Trinajstić information content (AvgIpc) is 2.51. The van der Waals surface area contributed by atoms with Gasteiger partial charge in [0.1, 0.15) is 6.26 Å². The second-order valence-electron chi connectivity index (χ2n) is 0.588. The van der Waals surface area contributed by atoms with Gasteiger partial charge in [-0.15, -0.1) is 5.10 Å². The molecule has 3 nitrogen and oxygen atoms in total. The molecule has 0 spiro atoms. The lowest BCUT2D eigenvalue weighted by Crippen LogP contribution is -1.53. The molecular formula is C6H14N2O. The van der Waals surface area contributed by atoms with Gasteiger partial charge in [0.2, 0.25) is 0 Å². The average molecular weight is 130 g/mol. The molecule has 0 N–H and O–H groups in total. The van der Waals surface area contributed by atoms with Gasteiger partial charge in [-0.25, -0.2) is 0 Å². The van der Waals surface area contributed by atoms with Gasteiger partial charge in [-0.1, -0.05) is 27.7 Å². The van der Waals surface area contributed by atoms with Gasteiger partial charge in [0.05, 0.1) is 6.20 Å². The molecule has 0 fully saturated rings. The standard InChI is InChI=1S/C2H2N2O.2C2H6/c1-2-5-4-3-1;2*1-2/h1-2H;2*1-2H3. The Kier molecular flexibility index (Phi) is 19.2. The van der Waals surface area contributed by atoms with Gasteiger partial charge in [0.25, 0.3) is 0 Å². The highest BCUT2D eigenvalue weighted by Gasteiger charge is 1.61. The van der Waals surface area contributed by atoms with E-state index in [1.54, 1.807) is 0 Å². The van der Waals surface area contributed by atoms with Crippen LogP contribution in [0.5, 0.6) is 0 Å². The van der Waals surface area contributed by atoms with Crippen LogP contribution >= 0.6 is 0 Å². The van der Waals surface area contributed by atoms with Crippen LogP contribution < -0.4 is 0 Å². The van der Waals surface area contributed by atoms with Crippen molar-refractivity contribution in [3.05, 3.63) is 12.5 Å². The lowest BCUT2D eigenvalue weighted by Gasteiger charge is -1.45. The zero-order chi connectivity index (χ0) is 7.54. The molecule has 0 aliphatic heterocycles. The van der Waals surface area contributed by atoms with E-state index in [-0.39, 0.29) is 0 Å². The Balaban J connectivity index is 0. The van der Waals surface area contributed by atoms with Gasteiger partial charge in [0.15, 0.2) is 0 Å². The van der Waals surface area contributed by atoms with Gasteiger partial charge >= 0.3 is 0 Å². The van der Waals surface area contributed by atoms with Crippen LogP contribution in [0.25, 0.3) is 0 Å². The van der Waals surface area contributed by atoms with Gasteiger partial charge in [0, 0.05) is 5.27 Å². The molecule has 0 atom stereocenters. The van der Waals surface area contributed by atoms with E-state index in [1.807, 2.05) is 27.7 Å². The minimum Gasteiger partial charge on any atom is -0.346 e. The Hall–Kier alpha value is -0.860. The van der Waals surface area contributed by atoms with E-state index in [1.165, 1.54) is 12.5 Å². The largest absolute Gasteiger partial charge is 0.346 e. The molecule has 1 aromatic heterocycles. The molecular weight excluding hydrogens is 116 g/mol. The van der Waals surface area contributed by atoms with Crippen LogP contribution in [0.15, 0.2) is 17.0 Å². The Morgan fingerprint density at radius 2 is 1.67 bits per heavy atom. The second kappa shape index (κ2) is 15.7. The highest BCUT2D eigenvalue weighted by atomic mass is 16.5. The molecule has 0 saturated heterocycles. The van der Waals surface area contributed by atoms with Crippen molar-refractivity contribution in [1.82, 2.24) is 10.4 Å². The molecule has 0 aliphatic rings. The quantitative estimate of drug-likeness (QED) is 0.540. The third kappa shape index (κ3) is 11.0. The number of hydrogen-bond acceptors (Lipinski definition) is 3. The lowest BCUT2D eigenvalue weighted by molar-refractivity contribution is 0.393. The van der Waals surface area contributed by atoms with Crippen molar-refractivity contribution in [1.29, 1.82) is 0 Å². The summed E-state index contributed by atoms with van der Waals surface area (Å²) in [6, 6.07) is 0. The van der Waals surface area contributed by atoms with Crippen molar-refractivity contribution < 1.29 is 4.52 Å². The minimum absolute atomic E-state index is 1.40. The molecule has 1 heterocycles. The molecule has 0 amide bonds. The van der Waals surface area contributed by atoms with Gasteiger partial charge in [-0.2, -0.15) is 0 Å². The van der Waals surface area contributed by atoms with Crippen LogP contribution in [0.3, 0.4) is 0 Å². The Bertz CT molecular complexity index is 67.5. The zero-order valence-corrected chi connectivity index (χ0v) is 6.46. The summed E-state index contributed by atoms with van der Waals surface area (Å²) in [5.74, 6) is 0. The molecule has 54 valence electrons. The molecule has 0 radical (unpaired) electrons. The maximum Gasteiger partial charge on any atom is 0.144 e. The van der Waals surface area contributed by atoms with E-state index in [2.05, 4.69) is 14.9 Å². The van der Waals surface area contributed by atoms with Crippen LogP contribution in [0.2, 0.25) is 0 Å². The maximum atomic E-state index is 4.22. The van der Waals surface area contributed by atoms with Crippen LogP contribution in [0, 0.1) is 0 Å². The van der Waals surface area contributed by atoms with E-state index >= 15 is 0 Å². The normalized spacial score (nSPS) is 5.78. The van der Waals surface area contributed by atoms with Crippen molar-refractivity contribution in [3.8, 4) is 0 Å². The molecule has 1 rings (SSSR count). The smallest absolute Gasteiger partial charge is 0.144 e. The SMILES string of the molecule is CC.CC.c1conn1. The summed E-state index contributed by atoms with van der Waals surface area (Å²) < 4.78 is 4.22. The number of nitrogens with zero attached hydrogens (tertiary/aromatic N) is 2. The Morgan fingerprint density at radius 3 is 1.78 bits per heavy atom. The molecule has 0 unspecified atom stereocenters. The first-order valence-electron chi connectivity index (χ1n) is 3.21. The summed E-state index contributed by atoms with van der Waals surface area (Å²) in [5.41, 5.74) is 0. The zero-order valence-electron chi connectivity index (χ0n) is 6.46.